The molecule has 0 aromatic rings. The third kappa shape index (κ3) is 24.1. The highest BCUT2D eigenvalue weighted by atomic mass is 31.2. The average Bonchev–Trinajstić information content (AvgIpc) is 2.76. The monoisotopic (exact) mass is 523 g/mol. The van der Waals surface area contributed by atoms with Crippen LogP contribution in [0.1, 0.15) is 98.3 Å². The van der Waals surface area contributed by atoms with E-state index in [4.69, 9.17) is 18.5 Å². The number of likely N-dealkylation sites (N-methyl/N-ethyl adjacent to an activating group) is 1. The van der Waals surface area contributed by atoms with Crippen molar-refractivity contribution >= 4 is 7.82 Å². The van der Waals surface area contributed by atoms with Gasteiger partial charge in [0, 0.05) is 20.3 Å². The van der Waals surface area contributed by atoms with Gasteiger partial charge in [-0.1, -0.05) is 91.9 Å². The molecule has 0 spiro atoms. The van der Waals surface area contributed by atoms with Crippen molar-refractivity contribution in [3.8, 4) is 0 Å². The molecule has 4 unspecified atom stereocenters. The van der Waals surface area contributed by atoms with Crippen LogP contribution < -0.4 is 0 Å². The molecule has 7 nitrogen and oxygen atoms in total. The van der Waals surface area contributed by atoms with E-state index in [0.717, 1.165) is 24.2 Å². The number of phosphoric acid groups is 1. The molecule has 0 saturated heterocycles. The van der Waals surface area contributed by atoms with E-state index in [0.29, 0.717) is 19.8 Å². The van der Waals surface area contributed by atoms with Crippen molar-refractivity contribution in [2.75, 3.05) is 54.2 Å². The van der Waals surface area contributed by atoms with E-state index >= 15 is 0 Å². The van der Waals surface area contributed by atoms with Crippen molar-refractivity contribution in [1.29, 1.82) is 0 Å². The molecule has 0 radical (unpaired) electrons. The van der Waals surface area contributed by atoms with Crippen LogP contribution in [-0.4, -0.2) is 70.1 Å². The predicted octanol–water partition coefficient (Wildman–Crippen LogP) is 6.93. The Balaban J connectivity index is 3.67. The number of methoxy groups -OCH3 is 1. The molecule has 8 heteroatoms. The topological polar surface area (TPSA) is 77.5 Å². The van der Waals surface area contributed by atoms with E-state index in [9.17, 15) is 9.46 Å². The molecule has 1 N–H and O–H groups in total. The SMILES string of the molecule is COC(COCCCCCCC(C)CCCC(C)CCCC(C)C)COP(=O)(O)OCCN(C)C. The fraction of sp³-hybridized carbons (Fsp3) is 1.00. The second-order valence-corrected chi connectivity index (χ2v) is 12.5. The molecule has 0 fully saturated rings. The second-order valence-electron chi connectivity index (χ2n) is 11.0. The van der Waals surface area contributed by atoms with Gasteiger partial charge in [0.25, 0.3) is 0 Å². The summed E-state index contributed by atoms with van der Waals surface area (Å²) in [6, 6.07) is 0. The van der Waals surface area contributed by atoms with Crippen molar-refractivity contribution in [2.45, 2.75) is 104 Å². The number of rotatable bonds is 25. The molecule has 0 saturated carbocycles. The normalized spacial score (nSPS) is 16.5. The Morgan fingerprint density at radius 1 is 0.743 bits per heavy atom. The van der Waals surface area contributed by atoms with Gasteiger partial charge < -0.3 is 19.3 Å². The quantitative estimate of drug-likeness (QED) is 0.103. The van der Waals surface area contributed by atoms with E-state index < -0.39 is 13.9 Å². The van der Waals surface area contributed by atoms with Crippen LogP contribution in [0.15, 0.2) is 0 Å². The molecule has 0 heterocycles. The molecule has 0 rings (SSSR count). The number of ether oxygens (including phenoxy) is 2. The van der Waals surface area contributed by atoms with Gasteiger partial charge in [0.05, 0.1) is 19.8 Å². The lowest BCUT2D eigenvalue weighted by atomic mass is 9.92. The predicted molar refractivity (Wildman–Crippen MR) is 146 cm³/mol. The highest BCUT2D eigenvalue weighted by Gasteiger charge is 2.23. The lowest BCUT2D eigenvalue weighted by Gasteiger charge is -2.18. The number of unbranched alkanes of at least 4 members (excludes halogenated alkanes) is 3. The van der Waals surface area contributed by atoms with Crippen molar-refractivity contribution in [3.63, 3.8) is 0 Å². The van der Waals surface area contributed by atoms with Gasteiger partial charge in [-0.25, -0.2) is 4.57 Å². The highest BCUT2D eigenvalue weighted by molar-refractivity contribution is 7.47. The summed E-state index contributed by atoms with van der Waals surface area (Å²) < 4.78 is 32.8. The lowest BCUT2D eigenvalue weighted by Crippen LogP contribution is -2.24. The number of hydrogen-bond donors (Lipinski definition) is 1. The van der Waals surface area contributed by atoms with Crippen molar-refractivity contribution in [2.24, 2.45) is 17.8 Å². The Morgan fingerprint density at radius 2 is 1.31 bits per heavy atom. The smallest absolute Gasteiger partial charge is 0.379 e. The summed E-state index contributed by atoms with van der Waals surface area (Å²) in [5.41, 5.74) is 0. The van der Waals surface area contributed by atoms with Crippen LogP contribution in [0.3, 0.4) is 0 Å². The van der Waals surface area contributed by atoms with Gasteiger partial charge in [0.15, 0.2) is 0 Å². The molecule has 0 aliphatic heterocycles. The van der Waals surface area contributed by atoms with Gasteiger partial charge in [-0.2, -0.15) is 0 Å². The van der Waals surface area contributed by atoms with Gasteiger partial charge in [-0.3, -0.25) is 9.05 Å². The second kappa shape index (κ2) is 22.0. The van der Waals surface area contributed by atoms with Gasteiger partial charge in [-0.05, 0) is 38.3 Å². The summed E-state index contributed by atoms with van der Waals surface area (Å²) in [6.07, 6.45) is 13.9. The van der Waals surface area contributed by atoms with Crippen LogP contribution >= 0.6 is 7.82 Å². The molecule has 0 aromatic heterocycles. The van der Waals surface area contributed by atoms with Crippen LogP contribution in [0, 0.1) is 17.8 Å². The Labute approximate surface area is 217 Å². The van der Waals surface area contributed by atoms with Crippen LogP contribution in [0.4, 0.5) is 0 Å². The minimum atomic E-state index is -4.06. The maximum atomic E-state index is 11.9. The van der Waals surface area contributed by atoms with Gasteiger partial charge >= 0.3 is 7.82 Å². The van der Waals surface area contributed by atoms with Crippen molar-refractivity contribution < 1.29 is 28.0 Å². The molecule has 0 aliphatic carbocycles. The molecule has 0 aromatic carbocycles. The van der Waals surface area contributed by atoms with E-state index in [2.05, 4.69) is 27.7 Å². The zero-order valence-electron chi connectivity index (χ0n) is 24.0. The third-order valence-corrected chi connectivity index (χ3v) is 7.45. The summed E-state index contributed by atoms with van der Waals surface area (Å²) in [5, 5.41) is 0. The average molecular weight is 524 g/mol. The zero-order chi connectivity index (χ0) is 26.5. The molecule has 4 atom stereocenters. The molecule has 35 heavy (non-hydrogen) atoms. The fourth-order valence-electron chi connectivity index (χ4n) is 3.98. The summed E-state index contributed by atoms with van der Waals surface area (Å²) in [7, 11) is 1.21. The Morgan fingerprint density at radius 3 is 1.89 bits per heavy atom. The van der Waals surface area contributed by atoms with Crippen molar-refractivity contribution in [1.82, 2.24) is 4.90 Å². The fourth-order valence-corrected chi connectivity index (χ4v) is 4.72. The first-order valence-electron chi connectivity index (χ1n) is 13.9. The number of phosphoric ester groups is 1. The highest BCUT2D eigenvalue weighted by Crippen LogP contribution is 2.43. The summed E-state index contributed by atoms with van der Waals surface area (Å²) in [5.74, 6) is 2.54. The summed E-state index contributed by atoms with van der Waals surface area (Å²) in [4.78, 5) is 11.6. The Kier molecular flexibility index (Phi) is 22.0. The minimum Gasteiger partial charge on any atom is -0.379 e. The van der Waals surface area contributed by atoms with E-state index in [1.165, 1.54) is 64.2 Å². The molecular weight excluding hydrogens is 465 g/mol. The Hall–Kier alpha value is -0.0100. The third-order valence-electron chi connectivity index (χ3n) is 6.46. The van der Waals surface area contributed by atoms with Crippen LogP contribution in [-0.2, 0) is 23.1 Å². The summed E-state index contributed by atoms with van der Waals surface area (Å²) >= 11 is 0. The maximum Gasteiger partial charge on any atom is 0.472 e. The largest absolute Gasteiger partial charge is 0.472 e. The molecule has 0 bridgehead atoms. The van der Waals surface area contributed by atoms with Gasteiger partial charge in [-0.15, -0.1) is 0 Å². The first-order chi connectivity index (χ1) is 16.6. The zero-order valence-corrected chi connectivity index (χ0v) is 24.9. The molecule has 0 amide bonds. The molecular formula is C27H58NO6P. The van der Waals surface area contributed by atoms with Crippen LogP contribution in [0.2, 0.25) is 0 Å². The minimum absolute atomic E-state index is 0.0408. The Bertz CT molecular complexity index is 520. The first kappa shape index (κ1) is 35.0. The van der Waals surface area contributed by atoms with E-state index in [1.807, 2.05) is 19.0 Å². The molecule has 212 valence electrons. The van der Waals surface area contributed by atoms with E-state index in [1.54, 1.807) is 7.11 Å². The number of nitrogens with zero attached hydrogens (tertiary/aromatic N) is 1. The number of hydrogen-bond acceptors (Lipinski definition) is 6. The van der Waals surface area contributed by atoms with E-state index in [-0.39, 0.29) is 13.2 Å². The molecule has 0 aliphatic rings. The lowest BCUT2D eigenvalue weighted by molar-refractivity contribution is -0.0222. The van der Waals surface area contributed by atoms with Crippen molar-refractivity contribution in [3.05, 3.63) is 0 Å². The van der Waals surface area contributed by atoms with Crippen LogP contribution in [0.25, 0.3) is 0 Å². The standard InChI is InChI=1S/C27H58NO6P/c1-24(2)14-12-16-26(4)18-13-17-25(3)15-10-8-9-11-20-32-22-27(31-7)23-34-35(29,30)33-21-19-28(5)6/h24-27H,8-23H2,1-7H3,(H,29,30). The van der Waals surface area contributed by atoms with Crippen LogP contribution in [0.5, 0.6) is 0 Å². The maximum absolute atomic E-state index is 11.9. The summed E-state index contributed by atoms with van der Waals surface area (Å²) in [6.45, 7) is 11.1. The van der Waals surface area contributed by atoms with Gasteiger partial charge in [0.2, 0.25) is 0 Å². The van der Waals surface area contributed by atoms with Gasteiger partial charge in [0.1, 0.15) is 6.10 Å². The first-order valence-corrected chi connectivity index (χ1v) is 15.4.